The van der Waals surface area contributed by atoms with Gasteiger partial charge in [0.15, 0.2) is 0 Å². The van der Waals surface area contributed by atoms with Crippen LogP contribution in [-0.2, 0) is 0 Å². The molecule has 0 saturated carbocycles. The van der Waals surface area contributed by atoms with Crippen LogP contribution < -0.4 is 4.40 Å². The third-order valence-corrected chi connectivity index (χ3v) is 4.27. The number of rotatable bonds is 1. The van der Waals surface area contributed by atoms with Gasteiger partial charge < -0.3 is 0 Å². The second-order valence-corrected chi connectivity index (χ2v) is 9.01. The Bertz CT molecular complexity index is 250. The summed E-state index contributed by atoms with van der Waals surface area (Å²) in [5.41, 5.74) is 0. The molecule has 1 nitrogen and oxygen atoms in total. The van der Waals surface area contributed by atoms with Crippen molar-refractivity contribution in [1.29, 1.82) is 0 Å². The SMILES string of the molecule is C[C](C)(C)[Ge][c]1ccc(Cl)nc1. The first-order valence-electron chi connectivity index (χ1n) is 3.87. The Hall–Kier alpha value is -0.0171. The van der Waals surface area contributed by atoms with E-state index < -0.39 is 0 Å². The quantitative estimate of drug-likeness (QED) is 0.544. The van der Waals surface area contributed by atoms with Crippen molar-refractivity contribution in [3.8, 4) is 0 Å². The topological polar surface area (TPSA) is 12.9 Å². The monoisotopic (exact) mass is 243 g/mol. The number of hydrogen-bond donors (Lipinski definition) is 0. The van der Waals surface area contributed by atoms with E-state index in [1.807, 2.05) is 12.3 Å². The summed E-state index contributed by atoms with van der Waals surface area (Å²) in [6.45, 7) is 6.80. The summed E-state index contributed by atoms with van der Waals surface area (Å²) in [5, 5.41) is 0.583. The van der Waals surface area contributed by atoms with Gasteiger partial charge in [-0.05, 0) is 0 Å². The molecule has 0 N–H and O–H groups in total. The molecule has 2 radical (unpaired) electrons. The zero-order chi connectivity index (χ0) is 9.19. The Morgan fingerprint density at radius 2 is 2.00 bits per heavy atom. The molecule has 0 saturated heterocycles. The fraction of sp³-hybridized carbons (Fsp3) is 0.444. The van der Waals surface area contributed by atoms with Crippen LogP contribution in [0, 0.1) is 0 Å². The van der Waals surface area contributed by atoms with Gasteiger partial charge in [0, 0.05) is 0 Å². The molecule has 12 heavy (non-hydrogen) atoms. The summed E-state index contributed by atoms with van der Waals surface area (Å²) in [6, 6.07) is 3.95. The Morgan fingerprint density at radius 1 is 1.33 bits per heavy atom. The molecule has 0 atom stereocenters. The summed E-state index contributed by atoms with van der Waals surface area (Å²) in [6.07, 6.45) is 1.90. The second kappa shape index (κ2) is 3.79. The molecule has 1 heterocycles. The molecule has 0 amide bonds. The molecule has 0 bridgehead atoms. The van der Waals surface area contributed by atoms with Crippen molar-refractivity contribution >= 4 is 31.4 Å². The third kappa shape index (κ3) is 3.59. The molecule has 0 aliphatic heterocycles. The van der Waals surface area contributed by atoms with Crippen LogP contribution in [-0.4, -0.2) is 20.4 Å². The average molecular weight is 242 g/mol. The van der Waals surface area contributed by atoms with E-state index in [1.54, 1.807) is 0 Å². The van der Waals surface area contributed by atoms with Crippen LogP contribution in [0.2, 0.25) is 9.40 Å². The summed E-state index contributed by atoms with van der Waals surface area (Å²) < 4.78 is 1.81. The molecule has 0 aromatic carbocycles. The van der Waals surface area contributed by atoms with Gasteiger partial charge in [-0.2, -0.15) is 0 Å². The van der Waals surface area contributed by atoms with E-state index in [0.29, 0.717) is 9.40 Å². The molecule has 0 aliphatic rings. The normalized spacial score (nSPS) is 11.7. The van der Waals surface area contributed by atoms with Crippen molar-refractivity contribution < 1.29 is 0 Å². The first-order valence-corrected chi connectivity index (χ1v) is 6.35. The first kappa shape index (κ1) is 10.1. The number of hydrogen-bond acceptors (Lipinski definition) is 1. The van der Waals surface area contributed by atoms with Crippen LogP contribution in [0.15, 0.2) is 18.3 Å². The summed E-state index contributed by atoms with van der Waals surface area (Å²) in [4.78, 5) is 4.06. The van der Waals surface area contributed by atoms with Crippen LogP contribution in [0.1, 0.15) is 20.8 Å². The fourth-order valence-corrected chi connectivity index (χ4v) is 3.43. The predicted octanol–water partition coefficient (Wildman–Crippen LogP) is 2.28. The van der Waals surface area contributed by atoms with Crippen molar-refractivity contribution in [3.05, 3.63) is 23.5 Å². The van der Waals surface area contributed by atoms with Gasteiger partial charge in [0.2, 0.25) is 0 Å². The van der Waals surface area contributed by atoms with Crippen LogP contribution >= 0.6 is 11.6 Å². The van der Waals surface area contributed by atoms with E-state index in [-0.39, 0.29) is 15.4 Å². The number of halogens is 1. The van der Waals surface area contributed by atoms with Crippen molar-refractivity contribution in [2.24, 2.45) is 0 Å². The van der Waals surface area contributed by atoms with Crippen molar-refractivity contribution in [2.45, 2.75) is 25.0 Å². The maximum absolute atomic E-state index is 5.69. The molecule has 1 aromatic rings. The van der Waals surface area contributed by atoms with Crippen LogP contribution in [0.4, 0.5) is 0 Å². The molecule has 1 rings (SSSR count). The van der Waals surface area contributed by atoms with E-state index in [9.17, 15) is 0 Å². The van der Waals surface area contributed by atoms with Gasteiger partial charge in [0.05, 0.1) is 0 Å². The van der Waals surface area contributed by atoms with E-state index in [0.717, 1.165) is 0 Å². The van der Waals surface area contributed by atoms with Gasteiger partial charge in [-0.3, -0.25) is 0 Å². The Labute approximate surface area is 85.0 Å². The van der Waals surface area contributed by atoms with Crippen molar-refractivity contribution in [3.63, 3.8) is 0 Å². The van der Waals surface area contributed by atoms with E-state index >= 15 is 0 Å². The van der Waals surface area contributed by atoms with Gasteiger partial charge in [-0.15, -0.1) is 0 Å². The van der Waals surface area contributed by atoms with E-state index in [4.69, 9.17) is 11.6 Å². The van der Waals surface area contributed by atoms with Gasteiger partial charge in [-0.1, -0.05) is 0 Å². The third-order valence-electron chi connectivity index (χ3n) is 1.25. The van der Waals surface area contributed by atoms with E-state index in [2.05, 4.69) is 31.8 Å². The molecule has 0 spiro atoms. The number of pyridine rings is 1. The molecular formula is C9H12ClGeN. The minimum atomic E-state index is -0.0853. The van der Waals surface area contributed by atoms with Gasteiger partial charge in [0.25, 0.3) is 0 Å². The molecule has 3 heteroatoms. The molecule has 0 unspecified atom stereocenters. The van der Waals surface area contributed by atoms with Gasteiger partial charge in [0.1, 0.15) is 0 Å². The zero-order valence-corrected chi connectivity index (χ0v) is 10.4. The number of aromatic nitrogens is 1. The molecule has 64 valence electrons. The standard InChI is InChI=1S/C9H12ClGeN/c1-9(2,3)11-7-4-5-8(10)12-6-7/h4-6H,1-3H3. The summed E-state index contributed by atoms with van der Waals surface area (Å²) >= 11 is 5.60. The van der Waals surface area contributed by atoms with E-state index in [1.165, 1.54) is 4.40 Å². The molecule has 0 fully saturated rings. The fourth-order valence-electron chi connectivity index (χ4n) is 0.883. The van der Waals surface area contributed by atoms with Crippen LogP contribution in [0.3, 0.4) is 0 Å². The van der Waals surface area contributed by atoms with Crippen molar-refractivity contribution in [2.75, 3.05) is 0 Å². The summed E-state index contributed by atoms with van der Waals surface area (Å²) in [7, 11) is 0. The zero-order valence-electron chi connectivity index (χ0n) is 7.56. The van der Waals surface area contributed by atoms with Crippen LogP contribution in [0.25, 0.3) is 0 Å². The summed E-state index contributed by atoms with van der Waals surface area (Å²) in [5.74, 6) is 0. The van der Waals surface area contributed by atoms with Gasteiger partial charge >= 0.3 is 84.9 Å². The predicted molar refractivity (Wildman–Crippen MR) is 54.4 cm³/mol. The first-order chi connectivity index (χ1) is 5.47. The number of nitrogens with zero attached hydrogens (tertiary/aromatic N) is 1. The Kier molecular flexibility index (Phi) is 3.18. The van der Waals surface area contributed by atoms with Crippen LogP contribution in [0.5, 0.6) is 0 Å². The average Bonchev–Trinajstić information content (AvgIpc) is 1.91. The molecule has 0 aliphatic carbocycles. The minimum absolute atomic E-state index is 0.0853. The second-order valence-electron chi connectivity index (χ2n) is 3.74. The molecular weight excluding hydrogens is 230 g/mol. The van der Waals surface area contributed by atoms with Gasteiger partial charge in [-0.25, -0.2) is 0 Å². The van der Waals surface area contributed by atoms with Crippen molar-refractivity contribution in [1.82, 2.24) is 4.98 Å². The Balaban J connectivity index is 2.71. The maximum atomic E-state index is 5.69. The Morgan fingerprint density at radius 3 is 2.42 bits per heavy atom. The molecule has 1 aromatic heterocycles.